The zero-order chi connectivity index (χ0) is 13.8. The van der Waals surface area contributed by atoms with E-state index in [1.807, 2.05) is 0 Å². The van der Waals surface area contributed by atoms with E-state index in [1.54, 1.807) is 11.3 Å². The summed E-state index contributed by atoms with van der Waals surface area (Å²) in [6.45, 7) is 6.44. The Morgan fingerprint density at radius 3 is 2.72 bits per heavy atom. The predicted molar refractivity (Wildman–Crippen MR) is 73.7 cm³/mol. The molecule has 5 heteroatoms. The largest absolute Gasteiger partial charge is 0.469 e. The quantitative estimate of drug-likeness (QED) is 0.834. The molecule has 0 fully saturated rings. The number of hydrogen-bond acceptors (Lipinski definition) is 5. The van der Waals surface area contributed by atoms with Gasteiger partial charge in [0.2, 0.25) is 0 Å². The third-order valence-electron chi connectivity index (χ3n) is 2.61. The maximum absolute atomic E-state index is 11.0. The molecule has 4 nitrogen and oxygen atoms in total. The van der Waals surface area contributed by atoms with E-state index in [-0.39, 0.29) is 17.4 Å². The molecule has 1 unspecified atom stereocenters. The van der Waals surface area contributed by atoms with Crippen LogP contribution in [0.2, 0.25) is 0 Å². The van der Waals surface area contributed by atoms with Crippen molar-refractivity contribution in [2.45, 2.75) is 51.5 Å². The maximum Gasteiger partial charge on any atom is 0.305 e. The first-order valence-corrected chi connectivity index (χ1v) is 6.98. The summed E-state index contributed by atoms with van der Waals surface area (Å²) in [7, 11) is 1.39. The summed E-state index contributed by atoms with van der Waals surface area (Å²) in [6.07, 6.45) is 1.71. The Hall–Kier alpha value is -0.940. The molecule has 0 aliphatic carbocycles. The summed E-state index contributed by atoms with van der Waals surface area (Å²) in [4.78, 5) is 15.6. The number of carbonyl (C=O) groups excluding carboxylic acids is 1. The molecule has 0 spiro atoms. The van der Waals surface area contributed by atoms with Gasteiger partial charge in [0.05, 0.1) is 17.8 Å². The highest BCUT2D eigenvalue weighted by molar-refractivity contribution is 7.09. The number of nitrogens with zero attached hydrogens (tertiary/aromatic N) is 1. The average molecular weight is 270 g/mol. The molecule has 18 heavy (non-hydrogen) atoms. The lowest BCUT2D eigenvalue weighted by molar-refractivity contribution is -0.140. The molecule has 0 saturated heterocycles. The van der Waals surface area contributed by atoms with Crippen molar-refractivity contribution in [3.63, 3.8) is 0 Å². The Kier molecular flexibility index (Phi) is 5.28. The molecule has 0 aromatic carbocycles. The SMILES string of the molecule is COC(=O)CCC(N)Cc1csc(C(C)(C)C)n1. The summed E-state index contributed by atoms with van der Waals surface area (Å²) in [5, 5.41) is 3.18. The van der Waals surface area contributed by atoms with Gasteiger partial charge in [0, 0.05) is 29.7 Å². The summed E-state index contributed by atoms with van der Waals surface area (Å²) in [5.41, 5.74) is 7.08. The summed E-state index contributed by atoms with van der Waals surface area (Å²) >= 11 is 1.67. The molecule has 0 bridgehead atoms. The van der Waals surface area contributed by atoms with Crippen molar-refractivity contribution < 1.29 is 9.53 Å². The minimum absolute atomic E-state index is 0.0426. The summed E-state index contributed by atoms with van der Waals surface area (Å²) in [5.74, 6) is -0.209. The number of nitrogens with two attached hydrogens (primary N) is 1. The molecule has 0 amide bonds. The number of ether oxygens (including phenoxy) is 1. The van der Waals surface area contributed by atoms with Crippen LogP contribution < -0.4 is 5.73 Å². The number of thiazole rings is 1. The molecular formula is C13H22N2O2S. The highest BCUT2D eigenvalue weighted by atomic mass is 32.1. The summed E-state index contributed by atoms with van der Waals surface area (Å²) in [6, 6.07) is -0.0426. The number of methoxy groups -OCH3 is 1. The fourth-order valence-electron chi connectivity index (χ4n) is 1.52. The van der Waals surface area contributed by atoms with E-state index in [1.165, 1.54) is 7.11 Å². The lowest BCUT2D eigenvalue weighted by Crippen LogP contribution is -2.24. The fraction of sp³-hybridized carbons (Fsp3) is 0.692. The topological polar surface area (TPSA) is 65.2 Å². The van der Waals surface area contributed by atoms with E-state index in [4.69, 9.17) is 5.73 Å². The van der Waals surface area contributed by atoms with Crippen LogP contribution in [0.1, 0.15) is 44.3 Å². The second kappa shape index (κ2) is 6.29. The van der Waals surface area contributed by atoms with Crippen LogP contribution in [0.25, 0.3) is 0 Å². The Bertz CT molecular complexity index is 396. The number of esters is 1. The first-order valence-electron chi connectivity index (χ1n) is 6.10. The lowest BCUT2D eigenvalue weighted by Gasteiger charge is -2.14. The fourth-order valence-corrected chi connectivity index (χ4v) is 2.44. The molecule has 102 valence electrons. The number of carbonyl (C=O) groups is 1. The van der Waals surface area contributed by atoms with Crippen molar-refractivity contribution in [2.24, 2.45) is 5.73 Å². The standard InChI is InChI=1S/C13H22N2O2S/c1-13(2,3)12-15-10(8-18-12)7-9(14)5-6-11(16)17-4/h8-9H,5-7,14H2,1-4H3. The Morgan fingerprint density at radius 2 is 2.22 bits per heavy atom. The molecule has 2 N–H and O–H groups in total. The molecule has 0 aliphatic heterocycles. The maximum atomic E-state index is 11.0. The normalized spacial score (nSPS) is 13.4. The first-order chi connectivity index (χ1) is 8.32. The van der Waals surface area contributed by atoms with Gasteiger partial charge in [0.1, 0.15) is 0 Å². The van der Waals surface area contributed by atoms with Crippen molar-refractivity contribution in [2.75, 3.05) is 7.11 Å². The van der Waals surface area contributed by atoms with Gasteiger partial charge in [0.25, 0.3) is 0 Å². The number of hydrogen-bond donors (Lipinski definition) is 1. The predicted octanol–water partition coefficient (Wildman–Crippen LogP) is 2.26. The van der Waals surface area contributed by atoms with Gasteiger partial charge in [-0.2, -0.15) is 0 Å². The van der Waals surface area contributed by atoms with E-state index in [0.29, 0.717) is 19.3 Å². The van der Waals surface area contributed by atoms with E-state index >= 15 is 0 Å². The molecule has 0 aliphatic rings. The van der Waals surface area contributed by atoms with Crippen LogP contribution in [0.4, 0.5) is 0 Å². The highest BCUT2D eigenvalue weighted by Crippen LogP contribution is 2.26. The monoisotopic (exact) mass is 270 g/mol. The first kappa shape index (κ1) is 15.1. The number of aromatic nitrogens is 1. The van der Waals surface area contributed by atoms with E-state index in [2.05, 4.69) is 35.9 Å². The number of rotatable bonds is 5. The van der Waals surface area contributed by atoms with Crippen LogP contribution in [-0.4, -0.2) is 24.1 Å². The lowest BCUT2D eigenvalue weighted by atomic mass is 9.98. The second-order valence-corrected chi connectivity index (χ2v) is 6.33. The van der Waals surface area contributed by atoms with E-state index in [9.17, 15) is 4.79 Å². The highest BCUT2D eigenvalue weighted by Gasteiger charge is 2.18. The molecule has 1 heterocycles. The smallest absolute Gasteiger partial charge is 0.305 e. The summed E-state index contributed by atoms with van der Waals surface area (Å²) < 4.78 is 4.59. The average Bonchev–Trinajstić information content (AvgIpc) is 2.74. The van der Waals surface area contributed by atoms with E-state index < -0.39 is 0 Å². The minimum Gasteiger partial charge on any atom is -0.469 e. The Morgan fingerprint density at radius 1 is 1.56 bits per heavy atom. The van der Waals surface area contributed by atoms with Gasteiger partial charge in [-0.05, 0) is 6.42 Å². The van der Waals surface area contributed by atoms with Gasteiger partial charge in [-0.15, -0.1) is 11.3 Å². The van der Waals surface area contributed by atoms with Crippen LogP contribution >= 0.6 is 11.3 Å². The second-order valence-electron chi connectivity index (χ2n) is 5.47. The minimum atomic E-state index is -0.209. The van der Waals surface area contributed by atoms with Crippen LogP contribution in [0.3, 0.4) is 0 Å². The van der Waals surface area contributed by atoms with Crippen molar-refractivity contribution in [3.8, 4) is 0 Å². The van der Waals surface area contributed by atoms with Gasteiger partial charge in [-0.25, -0.2) is 4.98 Å². The van der Waals surface area contributed by atoms with Crippen LogP contribution in [0.5, 0.6) is 0 Å². The molecule has 1 aromatic rings. The van der Waals surface area contributed by atoms with Crippen LogP contribution in [0, 0.1) is 0 Å². The van der Waals surface area contributed by atoms with Crippen molar-refractivity contribution in [1.29, 1.82) is 0 Å². The molecule has 1 rings (SSSR count). The van der Waals surface area contributed by atoms with Crippen LogP contribution in [0.15, 0.2) is 5.38 Å². The third-order valence-corrected chi connectivity index (χ3v) is 3.93. The zero-order valence-electron chi connectivity index (χ0n) is 11.5. The van der Waals surface area contributed by atoms with Gasteiger partial charge in [-0.1, -0.05) is 20.8 Å². The zero-order valence-corrected chi connectivity index (χ0v) is 12.3. The van der Waals surface area contributed by atoms with Crippen molar-refractivity contribution in [3.05, 3.63) is 16.1 Å². The Balaban J connectivity index is 2.47. The molecule has 1 atom stereocenters. The van der Waals surface area contributed by atoms with Gasteiger partial charge < -0.3 is 10.5 Å². The Labute approximate surface area is 113 Å². The van der Waals surface area contributed by atoms with Gasteiger partial charge in [-0.3, -0.25) is 4.79 Å². The van der Waals surface area contributed by atoms with Crippen molar-refractivity contribution >= 4 is 17.3 Å². The van der Waals surface area contributed by atoms with Gasteiger partial charge >= 0.3 is 5.97 Å². The molecule has 0 saturated carbocycles. The third kappa shape index (κ3) is 4.74. The van der Waals surface area contributed by atoms with Gasteiger partial charge in [0.15, 0.2) is 0 Å². The van der Waals surface area contributed by atoms with E-state index in [0.717, 1.165) is 10.7 Å². The molecule has 0 radical (unpaired) electrons. The van der Waals surface area contributed by atoms with Crippen molar-refractivity contribution in [1.82, 2.24) is 4.98 Å². The molecular weight excluding hydrogens is 248 g/mol. The van der Waals surface area contributed by atoms with Crippen LogP contribution in [-0.2, 0) is 21.4 Å². The molecule has 1 aromatic heterocycles.